The van der Waals surface area contributed by atoms with E-state index in [4.69, 9.17) is 0 Å². The van der Waals surface area contributed by atoms with Crippen molar-refractivity contribution in [2.75, 3.05) is 0 Å². The number of alkyl halides is 3. The van der Waals surface area contributed by atoms with Crippen molar-refractivity contribution >= 4 is 11.3 Å². The summed E-state index contributed by atoms with van der Waals surface area (Å²) < 4.78 is 38.1. The minimum Gasteiger partial charge on any atom is -0.310 e. The van der Waals surface area contributed by atoms with Crippen molar-refractivity contribution in [2.45, 2.75) is 39.5 Å². The third-order valence-corrected chi connectivity index (χ3v) is 4.06. The van der Waals surface area contributed by atoms with E-state index in [0.717, 1.165) is 16.7 Å². The predicted octanol–water partition coefficient (Wildman–Crippen LogP) is 4.64. The second-order valence-electron chi connectivity index (χ2n) is 5.22. The second-order valence-corrected chi connectivity index (χ2v) is 6.25. The summed E-state index contributed by atoms with van der Waals surface area (Å²) in [6.45, 7) is 6.60. The Bertz CT molecular complexity index is 618. The van der Waals surface area contributed by atoms with Crippen LogP contribution in [0.2, 0.25) is 0 Å². The Kier molecular flexibility index (Phi) is 4.68. The zero-order chi connectivity index (χ0) is 15.6. The molecular weight excluding hydrogens is 297 g/mol. The maximum atomic E-state index is 12.7. The van der Waals surface area contributed by atoms with Crippen LogP contribution in [0.4, 0.5) is 13.2 Å². The van der Waals surface area contributed by atoms with Gasteiger partial charge in [-0.15, -0.1) is 11.3 Å². The summed E-state index contributed by atoms with van der Waals surface area (Å²) in [6.07, 6.45) is -3.08. The Balaban J connectivity index is 2.37. The molecule has 0 unspecified atom stereocenters. The van der Waals surface area contributed by atoms with Crippen LogP contribution in [0.5, 0.6) is 0 Å². The molecule has 0 fully saturated rings. The number of nitrogens with zero attached hydrogens (tertiary/aromatic N) is 1. The van der Waals surface area contributed by atoms with Gasteiger partial charge in [0.05, 0.1) is 4.88 Å². The maximum Gasteiger partial charge on any atom is 0.443 e. The molecule has 0 spiro atoms. The predicted molar refractivity (Wildman–Crippen MR) is 79.3 cm³/mol. The molecule has 0 aliphatic heterocycles. The molecule has 0 bridgehead atoms. The first-order valence-corrected chi connectivity index (χ1v) is 7.45. The van der Waals surface area contributed by atoms with E-state index in [-0.39, 0.29) is 0 Å². The number of halogens is 3. The Morgan fingerprint density at radius 3 is 2.57 bits per heavy atom. The van der Waals surface area contributed by atoms with Gasteiger partial charge in [-0.1, -0.05) is 37.6 Å². The topological polar surface area (TPSA) is 24.9 Å². The van der Waals surface area contributed by atoms with Crippen LogP contribution in [0.25, 0.3) is 10.4 Å². The van der Waals surface area contributed by atoms with Crippen LogP contribution >= 0.6 is 11.3 Å². The molecular formula is C15H17F3N2S. The summed E-state index contributed by atoms with van der Waals surface area (Å²) >= 11 is 0.686. The molecule has 114 valence electrons. The first kappa shape index (κ1) is 16.0. The molecule has 1 aromatic heterocycles. The Hall–Kier alpha value is -1.40. The first-order valence-electron chi connectivity index (χ1n) is 6.63. The van der Waals surface area contributed by atoms with Gasteiger partial charge in [-0.3, -0.25) is 0 Å². The Labute approximate surface area is 126 Å². The number of thiazole rings is 1. The molecule has 0 radical (unpaired) electrons. The molecule has 0 amide bonds. The SMILES string of the molecule is Cc1ccc(CNC(C)C)c(-c2cnc(C(F)(F)F)s2)c1. The summed E-state index contributed by atoms with van der Waals surface area (Å²) in [7, 11) is 0. The number of hydrogen-bond donors (Lipinski definition) is 1. The molecule has 6 heteroatoms. The molecule has 21 heavy (non-hydrogen) atoms. The average Bonchev–Trinajstić information content (AvgIpc) is 2.86. The molecule has 0 saturated heterocycles. The lowest BCUT2D eigenvalue weighted by molar-refractivity contribution is -0.137. The smallest absolute Gasteiger partial charge is 0.310 e. The van der Waals surface area contributed by atoms with Gasteiger partial charge in [0.2, 0.25) is 0 Å². The van der Waals surface area contributed by atoms with E-state index in [1.54, 1.807) is 0 Å². The van der Waals surface area contributed by atoms with E-state index < -0.39 is 11.2 Å². The summed E-state index contributed by atoms with van der Waals surface area (Å²) in [5.74, 6) is 0. The highest BCUT2D eigenvalue weighted by Gasteiger charge is 2.34. The normalized spacial score (nSPS) is 12.1. The Morgan fingerprint density at radius 2 is 2.00 bits per heavy atom. The zero-order valence-corrected chi connectivity index (χ0v) is 12.9. The number of hydrogen-bond acceptors (Lipinski definition) is 3. The molecule has 1 N–H and O–H groups in total. The van der Waals surface area contributed by atoms with Gasteiger partial charge in [0.15, 0.2) is 5.01 Å². The summed E-state index contributed by atoms with van der Waals surface area (Å²) in [6, 6.07) is 6.14. The molecule has 0 atom stereocenters. The van der Waals surface area contributed by atoms with Crippen LogP contribution in [0, 0.1) is 6.92 Å². The lowest BCUT2D eigenvalue weighted by Gasteiger charge is -2.12. The minimum atomic E-state index is -4.39. The van der Waals surface area contributed by atoms with Crippen molar-refractivity contribution in [1.82, 2.24) is 10.3 Å². The van der Waals surface area contributed by atoms with Gasteiger partial charge in [0.25, 0.3) is 0 Å². The number of aryl methyl sites for hydroxylation is 1. The highest BCUT2D eigenvalue weighted by atomic mass is 32.1. The molecule has 2 rings (SSSR count). The molecule has 2 nitrogen and oxygen atoms in total. The first-order chi connectivity index (χ1) is 9.77. The van der Waals surface area contributed by atoms with Crippen molar-refractivity contribution in [3.05, 3.63) is 40.5 Å². The summed E-state index contributed by atoms with van der Waals surface area (Å²) in [5.41, 5.74) is 2.81. The van der Waals surface area contributed by atoms with Crippen LogP contribution in [0.1, 0.15) is 30.0 Å². The number of aromatic nitrogens is 1. The standard InChI is InChI=1S/C15H17F3N2S/c1-9(2)19-7-11-5-4-10(3)6-12(11)13-8-20-14(21-13)15(16,17)18/h4-6,8-9,19H,7H2,1-3H3. The van der Waals surface area contributed by atoms with E-state index in [9.17, 15) is 13.2 Å². The van der Waals surface area contributed by atoms with E-state index in [1.165, 1.54) is 6.20 Å². The fraction of sp³-hybridized carbons (Fsp3) is 0.400. The lowest BCUT2D eigenvalue weighted by Crippen LogP contribution is -2.22. The molecule has 2 aromatic rings. The fourth-order valence-corrected chi connectivity index (χ4v) is 2.75. The van der Waals surface area contributed by atoms with Gasteiger partial charge in [0.1, 0.15) is 0 Å². The van der Waals surface area contributed by atoms with Crippen molar-refractivity contribution in [3.8, 4) is 10.4 Å². The fourth-order valence-electron chi connectivity index (χ4n) is 1.92. The van der Waals surface area contributed by atoms with E-state index in [0.29, 0.717) is 28.8 Å². The summed E-state index contributed by atoms with van der Waals surface area (Å²) in [5, 5.41) is 2.49. The van der Waals surface area contributed by atoms with Gasteiger partial charge in [-0.2, -0.15) is 13.2 Å². The van der Waals surface area contributed by atoms with Crippen molar-refractivity contribution in [2.24, 2.45) is 0 Å². The van der Waals surface area contributed by atoms with E-state index in [2.05, 4.69) is 10.3 Å². The van der Waals surface area contributed by atoms with Crippen molar-refractivity contribution in [1.29, 1.82) is 0 Å². The largest absolute Gasteiger partial charge is 0.443 e. The van der Waals surface area contributed by atoms with E-state index >= 15 is 0 Å². The van der Waals surface area contributed by atoms with Gasteiger partial charge in [-0.05, 0) is 18.1 Å². The third kappa shape index (κ3) is 4.04. The third-order valence-electron chi connectivity index (χ3n) is 2.98. The number of benzene rings is 1. The van der Waals surface area contributed by atoms with Crippen molar-refractivity contribution < 1.29 is 13.2 Å². The average molecular weight is 314 g/mol. The van der Waals surface area contributed by atoms with Crippen LogP contribution in [-0.4, -0.2) is 11.0 Å². The lowest BCUT2D eigenvalue weighted by atomic mass is 10.0. The van der Waals surface area contributed by atoms with Gasteiger partial charge < -0.3 is 5.32 Å². The van der Waals surface area contributed by atoms with Gasteiger partial charge in [-0.25, -0.2) is 4.98 Å². The summed E-state index contributed by atoms with van der Waals surface area (Å²) in [4.78, 5) is 4.05. The molecule has 1 heterocycles. The quantitative estimate of drug-likeness (QED) is 0.889. The molecule has 0 aliphatic carbocycles. The monoisotopic (exact) mass is 314 g/mol. The zero-order valence-electron chi connectivity index (χ0n) is 12.1. The molecule has 0 saturated carbocycles. The van der Waals surface area contributed by atoms with E-state index in [1.807, 2.05) is 39.0 Å². The molecule has 0 aliphatic rings. The van der Waals surface area contributed by atoms with Gasteiger partial charge >= 0.3 is 6.18 Å². The Morgan fingerprint density at radius 1 is 1.29 bits per heavy atom. The highest BCUT2D eigenvalue weighted by Crippen LogP contribution is 2.37. The second kappa shape index (κ2) is 6.15. The van der Waals surface area contributed by atoms with Crippen molar-refractivity contribution in [3.63, 3.8) is 0 Å². The highest BCUT2D eigenvalue weighted by molar-refractivity contribution is 7.15. The van der Waals surface area contributed by atoms with Gasteiger partial charge in [0, 0.05) is 18.8 Å². The van der Waals surface area contributed by atoms with Crippen LogP contribution in [0.15, 0.2) is 24.4 Å². The van der Waals surface area contributed by atoms with Crippen LogP contribution in [0.3, 0.4) is 0 Å². The molecule has 1 aromatic carbocycles. The minimum absolute atomic E-state index is 0.311. The van der Waals surface area contributed by atoms with Crippen LogP contribution in [-0.2, 0) is 12.7 Å². The number of nitrogens with one attached hydrogen (secondary N) is 1. The van der Waals surface area contributed by atoms with Crippen LogP contribution < -0.4 is 5.32 Å². The maximum absolute atomic E-state index is 12.7. The number of rotatable bonds is 4.